The Labute approximate surface area is 163 Å². The van der Waals surface area contributed by atoms with E-state index >= 15 is 0 Å². The third kappa shape index (κ3) is 4.46. The van der Waals surface area contributed by atoms with Crippen LogP contribution in [-0.2, 0) is 6.54 Å². The molecule has 8 heteroatoms. The fraction of sp³-hybridized carbons (Fsp3) is 0.300. The molecular formula is C20H22N4O4. The molecule has 8 nitrogen and oxygen atoms in total. The lowest BCUT2D eigenvalue weighted by atomic mass is 10.2. The first-order valence-corrected chi connectivity index (χ1v) is 8.98. The quantitative estimate of drug-likeness (QED) is 0.870. The van der Waals surface area contributed by atoms with Crippen molar-refractivity contribution in [3.8, 4) is 0 Å². The fourth-order valence-electron chi connectivity index (χ4n) is 3.13. The van der Waals surface area contributed by atoms with Crippen molar-refractivity contribution in [2.24, 2.45) is 0 Å². The van der Waals surface area contributed by atoms with Crippen LogP contribution in [-0.4, -0.2) is 75.9 Å². The highest BCUT2D eigenvalue weighted by atomic mass is 16.4. The highest BCUT2D eigenvalue weighted by molar-refractivity contribution is 5.96. The molecule has 1 saturated heterocycles. The Morgan fingerprint density at radius 1 is 1.04 bits per heavy atom. The van der Waals surface area contributed by atoms with Gasteiger partial charge in [-0.25, -0.2) is 14.6 Å². The van der Waals surface area contributed by atoms with Crippen LogP contribution in [0.4, 0.5) is 4.79 Å². The average molecular weight is 382 g/mol. The molecule has 0 bridgehead atoms. The lowest BCUT2D eigenvalue weighted by Crippen LogP contribution is -2.53. The SMILES string of the molecule is CN(Cc1ccccc1)C(=O)N1CCN(C(=O)c2ccnc(C(=O)O)c2)CC1. The van der Waals surface area contributed by atoms with E-state index in [1.165, 1.54) is 18.3 Å². The maximum Gasteiger partial charge on any atom is 0.354 e. The molecule has 3 rings (SSSR count). The number of piperazine rings is 1. The zero-order valence-corrected chi connectivity index (χ0v) is 15.6. The number of carbonyl (C=O) groups is 3. The number of amides is 3. The highest BCUT2D eigenvalue weighted by Crippen LogP contribution is 2.12. The van der Waals surface area contributed by atoms with E-state index in [0.717, 1.165) is 5.56 Å². The summed E-state index contributed by atoms with van der Waals surface area (Å²) >= 11 is 0. The molecule has 3 amide bonds. The van der Waals surface area contributed by atoms with Gasteiger partial charge in [0.1, 0.15) is 5.69 Å². The van der Waals surface area contributed by atoms with E-state index in [-0.39, 0.29) is 23.2 Å². The number of carbonyl (C=O) groups excluding carboxylic acids is 2. The van der Waals surface area contributed by atoms with Crippen LogP contribution in [0, 0.1) is 0 Å². The van der Waals surface area contributed by atoms with Gasteiger partial charge in [0.05, 0.1) is 0 Å². The van der Waals surface area contributed by atoms with Gasteiger partial charge in [-0.15, -0.1) is 0 Å². The minimum absolute atomic E-state index is 0.0759. The Balaban J connectivity index is 1.56. The Kier molecular flexibility index (Phi) is 5.88. The predicted molar refractivity (Wildman–Crippen MR) is 102 cm³/mol. The smallest absolute Gasteiger partial charge is 0.354 e. The molecule has 1 N–H and O–H groups in total. The Morgan fingerprint density at radius 2 is 1.68 bits per heavy atom. The fourth-order valence-corrected chi connectivity index (χ4v) is 3.13. The third-order valence-electron chi connectivity index (χ3n) is 4.65. The summed E-state index contributed by atoms with van der Waals surface area (Å²) in [5, 5.41) is 9.02. The summed E-state index contributed by atoms with van der Waals surface area (Å²) in [4.78, 5) is 45.0. The number of pyridine rings is 1. The van der Waals surface area contributed by atoms with E-state index in [1.54, 1.807) is 21.7 Å². The van der Waals surface area contributed by atoms with Crippen molar-refractivity contribution in [3.63, 3.8) is 0 Å². The van der Waals surface area contributed by atoms with Crippen LogP contribution >= 0.6 is 0 Å². The van der Waals surface area contributed by atoms with Crippen LogP contribution < -0.4 is 0 Å². The number of aromatic carboxylic acids is 1. The van der Waals surface area contributed by atoms with Gasteiger partial charge in [0.15, 0.2) is 0 Å². The van der Waals surface area contributed by atoms with E-state index in [9.17, 15) is 14.4 Å². The van der Waals surface area contributed by atoms with Gasteiger partial charge in [0.25, 0.3) is 5.91 Å². The normalized spacial score (nSPS) is 13.9. The number of benzene rings is 1. The van der Waals surface area contributed by atoms with Crippen molar-refractivity contribution < 1.29 is 19.5 Å². The monoisotopic (exact) mass is 382 g/mol. The van der Waals surface area contributed by atoms with Crippen LogP contribution in [0.25, 0.3) is 0 Å². The molecule has 1 aromatic carbocycles. The number of aromatic nitrogens is 1. The maximum absolute atomic E-state index is 12.6. The molecule has 2 heterocycles. The van der Waals surface area contributed by atoms with Crippen LogP contribution in [0.15, 0.2) is 48.7 Å². The number of nitrogens with zero attached hydrogens (tertiary/aromatic N) is 4. The molecule has 1 fully saturated rings. The van der Waals surface area contributed by atoms with Gasteiger partial charge in [-0.05, 0) is 17.7 Å². The Morgan fingerprint density at radius 3 is 2.32 bits per heavy atom. The number of hydrogen-bond acceptors (Lipinski definition) is 4. The van der Waals surface area contributed by atoms with Crippen LogP contribution in [0.2, 0.25) is 0 Å². The second-order valence-corrected chi connectivity index (χ2v) is 6.64. The lowest BCUT2D eigenvalue weighted by Gasteiger charge is -2.36. The van der Waals surface area contributed by atoms with Crippen molar-refractivity contribution >= 4 is 17.9 Å². The molecule has 1 aliphatic rings. The zero-order chi connectivity index (χ0) is 20.1. The van der Waals surface area contributed by atoms with E-state index < -0.39 is 5.97 Å². The highest BCUT2D eigenvalue weighted by Gasteiger charge is 2.27. The molecule has 1 aromatic heterocycles. The predicted octanol–water partition coefficient (Wildman–Crippen LogP) is 1.79. The molecule has 0 saturated carbocycles. The Bertz CT molecular complexity index is 864. The molecule has 0 radical (unpaired) electrons. The van der Waals surface area contributed by atoms with Gasteiger partial charge in [0, 0.05) is 51.5 Å². The van der Waals surface area contributed by atoms with Crippen molar-refractivity contribution in [2.75, 3.05) is 33.2 Å². The summed E-state index contributed by atoms with van der Waals surface area (Å²) in [6.07, 6.45) is 1.31. The van der Waals surface area contributed by atoms with E-state index in [1.807, 2.05) is 30.3 Å². The molecule has 1 aliphatic heterocycles. The van der Waals surface area contributed by atoms with Gasteiger partial charge in [-0.3, -0.25) is 4.79 Å². The van der Waals surface area contributed by atoms with Crippen molar-refractivity contribution in [2.45, 2.75) is 6.54 Å². The summed E-state index contributed by atoms with van der Waals surface area (Å²) in [5.74, 6) is -1.43. The molecular weight excluding hydrogens is 360 g/mol. The van der Waals surface area contributed by atoms with Crippen molar-refractivity contribution in [1.29, 1.82) is 0 Å². The van der Waals surface area contributed by atoms with Crippen molar-refractivity contribution in [1.82, 2.24) is 19.7 Å². The standard InChI is InChI=1S/C20H22N4O4/c1-22(14-15-5-3-2-4-6-15)20(28)24-11-9-23(10-12-24)18(25)16-7-8-21-17(13-16)19(26)27/h2-8,13H,9-12,14H2,1H3,(H,26,27). The van der Waals surface area contributed by atoms with E-state index in [4.69, 9.17) is 5.11 Å². The summed E-state index contributed by atoms with van der Waals surface area (Å²) in [6, 6.07) is 12.5. The average Bonchev–Trinajstić information content (AvgIpc) is 2.73. The molecule has 0 spiro atoms. The molecule has 0 aliphatic carbocycles. The molecule has 0 unspecified atom stereocenters. The van der Waals surface area contributed by atoms with Crippen molar-refractivity contribution in [3.05, 3.63) is 65.5 Å². The van der Waals surface area contributed by atoms with E-state index in [2.05, 4.69) is 4.98 Å². The van der Waals surface area contributed by atoms with Crippen LogP contribution in [0.5, 0.6) is 0 Å². The largest absolute Gasteiger partial charge is 0.477 e. The molecule has 146 valence electrons. The minimum Gasteiger partial charge on any atom is -0.477 e. The molecule has 2 aromatic rings. The topological polar surface area (TPSA) is 94.1 Å². The maximum atomic E-state index is 12.6. The third-order valence-corrected chi connectivity index (χ3v) is 4.65. The minimum atomic E-state index is -1.17. The number of carboxylic acid groups (broad SMARTS) is 1. The first kappa shape index (κ1) is 19.3. The summed E-state index contributed by atoms with van der Waals surface area (Å²) in [7, 11) is 1.76. The van der Waals surface area contributed by atoms with E-state index in [0.29, 0.717) is 32.7 Å². The lowest BCUT2D eigenvalue weighted by molar-refractivity contribution is 0.0643. The Hall–Kier alpha value is -3.42. The summed E-state index contributed by atoms with van der Waals surface area (Å²) < 4.78 is 0. The van der Waals surface area contributed by atoms with Gasteiger partial charge in [-0.2, -0.15) is 0 Å². The van der Waals surface area contributed by atoms with Gasteiger partial charge >= 0.3 is 12.0 Å². The number of rotatable bonds is 4. The van der Waals surface area contributed by atoms with Crippen LogP contribution in [0.1, 0.15) is 26.4 Å². The summed E-state index contributed by atoms with van der Waals surface area (Å²) in [6.45, 7) is 2.18. The van der Waals surface area contributed by atoms with Crippen LogP contribution in [0.3, 0.4) is 0 Å². The second-order valence-electron chi connectivity index (χ2n) is 6.64. The first-order chi connectivity index (χ1) is 13.5. The number of hydrogen-bond donors (Lipinski definition) is 1. The molecule has 28 heavy (non-hydrogen) atoms. The second kappa shape index (κ2) is 8.51. The van der Waals surface area contributed by atoms with Gasteiger partial charge in [-0.1, -0.05) is 30.3 Å². The zero-order valence-electron chi connectivity index (χ0n) is 15.6. The first-order valence-electron chi connectivity index (χ1n) is 8.98. The number of carboxylic acids is 1. The van der Waals surface area contributed by atoms with Gasteiger partial charge in [0.2, 0.25) is 0 Å². The summed E-state index contributed by atoms with van der Waals surface area (Å²) in [5.41, 5.74) is 1.18. The molecule has 0 atom stereocenters. The number of urea groups is 1. The van der Waals surface area contributed by atoms with Gasteiger partial charge < -0.3 is 19.8 Å².